The SMILES string of the molecule is O=C(c1ccc(=O)n(-c2ccccc2Cl)c1)c1ccc(O)cc1O. The van der Waals surface area contributed by atoms with E-state index >= 15 is 0 Å². The van der Waals surface area contributed by atoms with Gasteiger partial charge < -0.3 is 10.2 Å². The van der Waals surface area contributed by atoms with Crippen molar-refractivity contribution in [1.82, 2.24) is 4.57 Å². The summed E-state index contributed by atoms with van der Waals surface area (Å²) >= 11 is 6.11. The van der Waals surface area contributed by atoms with Gasteiger partial charge in [0.1, 0.15) is 11.5 Å². The van der Waals surface area contributed by atoms with Crippen LogP contribution in [0.5, 0.6) is 11.5 Å². The van der Waals surface area contributed by atoms with Gasteiger partial charge in [-0.05, 0) is 30.3 Å². The van der Waals surface area contributed by atoms with Gasteiger partial charge in [-0.2, -0.15) is 0 Å². The van der Waals surface area contributed by atoms with E-state index in [2.05, 4.69) is 0 Å². The summed E-state index contributed by atoms with van der Waals surface area (Å²) in [6.07, 6.45) is 1.37. The molecule has 0 atom stereocenters. The molecule has 2 N–H and O–H groups in total. The molecule has 0 saturated heterocycles. The number of para-hydroxylation sites is 1. The number of ketones is 1. The monoisotopic (exact) mass is 341 g/mol. The average molecular weight is 342 g/mol. The Morgan fingerprint density at radius 1 is 1.00 bits per heavy atom. The summed E-state index contributed by atoms with van der Waals surface area (Å²) in [5.74, 6) is -0.964. The Kier molecular flexibility index (Phi) is 4.10. The summed E-state index contributed by atoms with van der Waals surface area (Å²) in [4.78, 5) is 24.7. The van der Waals surface area contributed by atoms with Gasteiger partial charge in [0.05, 0.1) is 16.3 Å². The lowest BCUT2D eigenvalue weighted by Crippen LogP contribution is -2.19. The van der Waals surface area contributed by atoms with E-state index < -0.39 is 5.78 Å². The van der Waals surface area contributed by atoms with Crippen LogP contribution in [0.4, 0.5) is 0 Å². The number of carbonyl (C=O) groups excluding carboxylic acids is 1. The molecular weight excluding hydrogens is 330 g/mol. The summed E-state index contributed by atoms with van der Waals surface area (Å²) in [6, 6.07) is 13.1. The first-order valence-electron chi connectivity index (χ1n) is 7.01. The Hall–Kier alpha value is -3.05. The number of phenols is 2. The van der Waals surface area contributed by atoms with Crippen molar-refractivity contribution in [3.05, 3.63) is 87.3 Å². The second-order valence-corrected chi connectivity index (χ2v) is 5.52. The van der Waals surface area contributed by atoms with Gasteiger partial charge in [-0.15, -0.1) is 0 Å². The number of aromatic hydroxyl groups is 2. The van der Waals surface area contributed by atoms with Crippen LogP contribution in [0.3, 0.4) is 0 Å². The minimum Gasteiger partial charge on any atom is -0.508 e. The van der Waals surface area contributed by atoms with Crippen LogP contribution in [0.25, 0.3) is 5.69 Å². The van der Waals surface area contributed by atoms with Crippen molar-refractivity contribution in [3.63, 3.8) is 0 Å². The van der Waals surface area contributed by atoms with E-state index in [1.807, 2.05) is 0 Å². The van der Waals surface area contributed by atoms with E-state index in [1.54, 1.807) is 24.3 Å². The highest BCUT2D eigenvalue weighted by atomic mass is 35.5. The van der Waals surface area contributed by atoms with Crippen LogP contribution in [-0.4, -0.2) is 20.6 Å². The Morgan fingerprint density at radius 3 is 2.46 bits per heavy atom. The van der Waals surface area contributed by atoms with Gasteiger partial charge >= 0.3 is 0 Å². The number of pyridine rings is 1. The molecule has 24 heavy (non-hydrogen) atoms. The summed E-state index contributed by atoms with van der Waals surface area (Å²) in [7, 11) is 0. The lowest BCUT2D eigenvalue weighted by Gasteiger charge is -2.10. The normalized spacial score (nSPS) is 10.5. The third kappa shape index (κ3) is 2.89. The van der Waals surface area contributed by atoms with Gasteiger partial charge in [-0.3, -0.25) is 14.2 Å². The van der Waals surface area contributed by atoms with Crippen LogP contribution in [-0.2, 0) is 0 Å². The van der Waals surface area contributed by atoms with Crippen LogP contribution in [0.2, 0.25) is 5.02 Å². The first kappa shape index (κ1) is 15.8. The van der Waals surface area contributed by atoms with Gasteiger partial charge in [0, 0.05) is 23.9 Å². The Morgan fingerprint density at radius 2 is 1.75 bits per heavy atom. The van der Waals surface area contributed by atoms with Crippen LogP contribution < -0.4 is 5.56 Å². The molecule has 3 rings (SSSR count). The molecule has 0 spiro atoms. The fourth-order valence-corrected chi connectivity index (χ4v) is 2.55. The first-order valence-corrected chi connectivity index (χ1v) is 7.39. The zero-order valence-electron chi connectivity index (χ0n) is 12.3. The third-order valence-electron chi connectivity index (χ3n) is 3.51. The maximum absolute atomic E-state index is 12.6. The molecule has 0 radical (unpaired) electrons. The minimum absolute atomic E-state index is 0.0251. The van der Waals surface area contributed by atoms with Gasteiger partial charge in [0.25, 0.3) is 5.56 Å². The van der Waals surface area contributed by atoms with Crippen molar-refractivity contribution in [2.24, 2.45) is 0 Å². The van der Waals surface area contributed by atoms with Crippen molar-refractivity contribution in [1.29, 1.82) is 0 Å². The van der Waals surface area contributed by atoms with Crippen molar-refractivity contribution < 1.29 is 15.0 Å². The molecule has 0 unspecified atom stereocenters. The van der Waals surface area contributed by atoms with Gasteiger partial charge in [-0.1, -0.05) is 23.7 Å². The van der Waals surface area contributed by atoms with Crippen LogP contribution >= 0.6 is 11.6 Å². The van der Waals surface area contributed by atoms with Gasteiger partial charge in [-0.25, -0.2) is 0 Å². The number of halogens is 1. The smallest absolute Gasteiger partial charge is 0.255 e. The summed E-state index contributed by atoms with van der Waals surface area (Å²) < 4.78 is 1.27. The van der Waals surface area contributed by atoms with E-state index in [0.29, 0.717) is 10.7 Å². The molecule has 3 aromatic rings. The predicted molar refractivity (Wildman–Crippen MR) is 90.3 cm³/mol. The topological polar surface area (TPSA) is 79.5 Å². The maximum atomic E-state index is 12.6. The molecule has 6 heteroatoms. The maximum Gasteiger partial charge on any atom is 0.255 e. The number of phenolic OH excluding ortho intramolecular Hbond substituents is 2. The summed E-state index contributed by atoms with van der Waals surface area (Å²) in [6.45, 7) is 0. The van der Waals surface area contributed by atoms with E-state index in [-0.39, 0.29) is 28.2 Å². The number of hydrogen-bond acceptors (Lipinski definition) is 4. The highest BCUT2D eigenvalue weighted by Crippen LogP contribution is 2.25. The van der Waals surface area contributed by atoms with Gasteiger partial charge in [0.2, 0.25) is 0 Å². The molecule has 2 aromatic carbocycles. The largest absolute Gasteiger partial charge is 0.508 e. The van der Waals surface area contributed by atoms with Crippen LogP contribution in [0.15, 0.2) is 65.6 Å². The minimum atomic E-state index is -0.478. The molecule has 1 aromatic heterocycles. The number of benzene rings is 2. The van der Waals surface area contributed by atoms with Gasteiger partial charge in [0.15, 0.2) is 5.78 Å². The Balaban J connectivity index is 2.10. The zero-order chi connectivity index (χ0) is 17.3. The summed E-state index contributed by atoms with van der Waals surface area (Å²) in [5, 5.41) is 19.5. The fourth-order valence-electron chi connectivity index (χ4n) is 2.32. The molecule has 5 nitrogen and oxygen atoms in total. The van der Waals surface area contributed by atoms with E-state index in [1.165, 1.54) is 35.0 Å². The van der Waals surface area contributed by atoms with Crippen molar-refractivity contribution in [3.8, 4) is 17.2 Å². The zero-order valence-corrected chi connectivity index (χ0v) is 13.1. The number of nitrogens with zero attached hydrogens (tertiary/aromatic N) is 1. The molecule has 0 aliphatic heterocycles. The lowest BCUT2D eigenvalue weighted by atomic mass is 10.0. The van der Waals surface area contributed by atoms with Crippen LogP contribution in [0, 0.1) is 0 Å². The molecule has 0 fully saturated rings. The van der Waals surface area contributed by atoms with E-state index in [0.717, 1.165) is 6.07 Å². The second-order valence-electron chi connectivity index (χ2n) is 5.11. The van der Waals surface area contributed by atoms with Crippen molar-refractivity contribution in [2.45, 2.75) is 0 Å². The molecule has 0 saturated carbocycles. The molecule has 1 heterocycles. The highest BCUT2D eigenvalue weighted by molar-refractivity contribution is 6.32. The third-order valence-corrected chi connectivity index (χ3v) is 3.83. The Bertz CT molecular complexity index is 994. The fraction of sp³-hybridized carbons (Fsp3) is 0. The second kappa shape index (κ2) is 6.22. The first-order chi connectivity index (χ1) is 11.5. The van der Waals surface area contributed by atoms with E-state index in [4.69, 9.17) is 11.6 Å². The lowest BCUT2D eigenvalue weighted by molar-refractivity contribution is 0.103. The number of rotatable bonds is 3. The number of carbonyl (C=O) groups is 1. The molecule has 0 aliphatic carbocycles. The van der Waals surface area contributed by atoms with Crippen LogP contribution in [0.1, 0.15) is 15.9 Å². The molecule has 120 valence electrons. The molecular formula is C18H12ClNO4. The number of hydrogen-bond donors (Lipinski definition) is 2. The average Bonchev–Trinajstić information content (AvgIpc) is 2.55. The molecule has 0 aliphatic rings. The predicted octanol–water partition coefficient (Wildman–Crippen LogP) is 3.13. The van der Waals surface area contributed by atoms with E-state index in [9.17, 15) is 19.8 Å². The standard InChI is InChI=1S/C18H12ClNO4/c19-14-3-1-2-4-15(14)20-10-11(5-8-17(20)23)18(24)13-7-6-12(21)9-16(13)22/h1-10,21-22H. The van der Waals surface area contributed by atoms with Crippen molar-refractivity contribution in [2.75, 3.05) is 0 Å². The summed E-state index contributed by atoms with van der Waals surface area (Å²) in [5.41, 5.74) is 0.344. The Labute approximate surface area is 142 Å². The van der Waals surface area contributed by atoms with Crippen molar-refractivity contribution >= 4 is 17.4 Å². The molecule has 0 bridgehead atoms. The number of aromatic nitrogens is 1. The quantitative estimate of drug-likeness (QED) is 0.717. The molecule has 0 amide bonds. The highest BCUT2D eigenvalue weighted by Gasteiger charge is 2.16.